The molecule has 0 heterocycles. The highest BCUT2D eigenvalue weighted by atomic mass is 32.2. The third-order valence-corrected chi connectivity index (χ3v) is 4.05. The van der Waals surface area contributed by atoms with Gasteiger partial charge < -0.3 is 11.5 Å². The van der Waals surface area contributed by atoms with Gasteiger partial charge in [0, 0.05) is 17.2 Å². The lowest BCUT2D eigenvalue weighted by Gasteiger charge is -2.37. The van der Waals surface area contributed by atoms with E-state index in [1.165, 1.54) is 0 Å². The van der Waals surface area contributed by atoms with Crippen LogP contribution in [0.25, 0.3) is 0 Å². The Bertz CT molecular complexity index is 464. The lowest BCUT2D eigenvalue weighted by atomic mass is 9.75. The zero-order valence-corrected chi connectivity index (χ0v) is 10.5. The highest BCUT2D eigenvalue weighted by molar-refractivity contribution is 7.85. The second kappa shape index (κ2) is 3.87. The fraction of sp³-hybridized carbons (Fsp3) is 0.600. The van der Waals surface area contributed by atoms with Crippen molar-refractivity contribution in [2.24, 2.45) is 16.9 Å². The molecular formula is C10H18N2O3S. The van der Waals surface area contributed by atoms with Gasteiger partial charge in [0.15, 0.2) is 0 Å². The van der Waals surface area contributed by atoms with Crippen molar-refractivity contribution in [1.82, 2.24) is 0 Å². The summed E-state index contributed by atoms with van der Waals surface area (Å²) in [6.45, 7) is 5.27. The lowest BCUT2D eigenvalue weighted by Crippen LogP contribution is -2.46. The van der Waals surface area contributed by atoms with Crippen molar-refractivity contribution in [2.75, 3.05) is 5.75 Å². The van der Waals surface area contributed by atoms with Gasteiger partial charge in [0.2, 0.25) is 0 Å². The van der Waals surface area contributed by atoms with E-state index in [0.717, 1.165) is 11.1 Å². The van der Waals surface area contributed by atoms with Crippen LogP contribution in [0.5, 0.6) is 0 Å². The number of allylic oxidation sites excluding steroid dienone is 1. The molecule has 0 fully saturated rings. The maximum absolute atomic E-state index is 11.0. The Hall–Kier alpha value is -0.850. The van der Waals surface area contributed by atoms with Gasteiger partial charge in [0.25, 0.3) is 10.1 Å². The summed E-state index contributed by atoms with van der Waals surface area (Å²) in [7, 11) is -4.07. The molecule has 16 heavy (non-hydrogen) atoms. The SMILES string of the molecule is CC1=CC(C)(CS(=O)(=O)O)C(N)C(C)=C1N. The smallest absolute Gasteiger partial charge is 0.265 e. The summed E-state index contributed by atoms with van der Waals surface area (Å²) in [4.78, 5) is 0. The molecule has 92 valence electrons. The first-order chi connectivity index (χ1) is 7.07. The highest BCUT2D eigenvalue weighted by Crippen LogP contribution is 2.35. The molecule has 0 spiro atoms. The van der Waals surface area contributed by atoms with Crippen LogP contribution in [0, 0.1) is 5.41 Å². The average Bonchev–Trinajstić information content (AvgIpc) is 2.09. The van der Waals surface area contributed by atoms with Crippen LogP contribution in [0.15, 0.2) is 22.9 Å². The zero-order chi connectivity index (χ0) is 12.7. The first-order valence-electron chi connectivity index (χ1n) is 4.93. The van der Waals surface area contributed by atoms with E-state index in [4.69, 9.17) is 16.0 Å². The van der Waals surface area contributed by atoms with Gasteiger partial charge in [0.05, 0.1) is 5.75 Å². The van der Waals surface area contributed by atoms with Gasteiger partial charge >= 0.3 is 0 Å². The molecule has 0 amide bonds. The van der Waals surface area contributed by atoms with Crippen LogP contribution in [0.4, 0.5) is 0 Å². The van der Waals surface area contributed by atoms with E-state index < -0.39 is 27.3 Å². The molecular weight excluding hydrogens is 228 g/mol. The standard InChI is InChI=1S/C10H18N2O3S/c1-6-4-10(3,5-16(13,14)15)9(12)7(2)8(6)11/h4,9H,5,11-12H2,1-3H3,(H,13,14,15). The highest BCUT2D eigenvalue weighted by Gasteiger charge is 2.38. The largest absolute Gasteiger partial charge is 0.399 e. The van der Waals surface area contributed by atoms with E-state index in [9.17, 15) is 8.42 Å². The van der Waals surface area contributed by atoms with Crippen molar-refractivity contribution < 1.29 is 13.0 Å². The summed E-state index contributed by atoms with van der Waals surface area (Å²) < 4.78 is 30.9. The predicted molar refractivity (Wildman–Crippen MR) is 63.1 cm³/mol. The van der Waals surface area contributed by atoms with E-state index in [0.29, 0.717) is 5.70 Å². The van der Waals surface area contributed by atoms with E-state index >= 15 is 0 Å². The van der Waals surface area contributed by atoms with Crippen molar-refractivity contribution >= 4 is 10.1 Å². The molecule has 0 saturated carbocycles. The monoisotopic (exact) mass is 246 g/mol. The summed E-state index contributed by atoms with van der Waals surface area (Å²) in [6.07, 6.45) is 1.72. The van der Waals surface area contributed by atoms with Crippen molar-refractivity contribution in [2.45, 2.75) is 26.8 Å². The summed E-state index contributed by atoms with van der Waals surface area (Å²) in [5.74, 6) is -0.400. The maximum Gasteiger partial charge on any atom is 0.265 e. The Labute approximate surface area is 95.9 Å². The van der Waals surface area contributed by atoms with Gasteiger partial charge in [0.1, 0.15) is 0 Å². The summed E-state index contributed by atoms with van der Waals surface area (Å²) >= 11 is 0. The molecule has 0 aromatic heterocycles. The number of hydrogen-bond donors (Lipinski definition) is 3. The Kier molecular flexibility index (Phi) is 3.20. The van der Waals surface area contributed by atoms with E-state index in [1.807, 2.05) is 0 Å². The Morgan fingerprint density at radius 3 is 2.44 bits per heavy atom. The molecule has 5 N–H and O–H groups in total. The van der Waals surface area contributed by atoms with Crippen LogP contribution in [0.3, 0.4) is 0 Å². The molecule has 1 aliphatic rings. The van der Waals surface area contributed by atoms with Crippen LogP contribution in [0.2, 0.25) is 0 Å². The summed E-state index contributed by atoms with van der Waals surface area (Å²) in [5.41, 5.74) is 13.1. The molecule has 0 radical (unpaired) electrons. The summed E-state index contributed by atoms with van der Waals surface area (Å²) in [5, 5.41) is 0. The minimum absolute atomic E-state index is 0.400. The minimum atomic E-state index is -4.07. The molecule has 1 rings (SSSR count). The second-order valence-corrected chi connectivity index (χ2v) is 6.09. The van der Waals surface area contributed by atoms with Crippen molar-refractivity contribution in [3.8, 4) is 0 Å². The van der Waals surface area contributed by atoms with Gasteiger partial charge in [-0.15, -0.1) is 0 Å². The third-order valence-electron chi connectivity index (χ3n) is 3.07. The molecule has 2 unspecified atom stereocenters. The quantitative estimate of drug-likeness (QED) is 0.611. The Morgan fingerprint density at radius 1 is 1.50 bits per heavy atom. The topological polar surface area (TPSA) is 106 Å². The minimum Gasteiger partial charge on any atom is -0.399 e. The molecule has 0 bridgehead atoms. The molecule has 0 aromatic carbocycles. The molecule has 1 aliphatic carbocycles. The van der Waals surface area contributed by atoms with Gasteiger partial charge in [-0.05, 0) is 25.0 Å². The fourth-order valence-electron chi connectivity index (χ4n) is 2.16. The lowest BCUT2D eigenvalue weighted by molar-refractivity contribution is 0.379. The molecule has 5 nitrogen and oxygen atoms in total. The normalized spacial score (nSPS) is 31.6. The molecule has 0 aliphatic heterocycles. The Balaban J connectivity index is 3.19. The Morgan fingerprint density at radius 2 is 2.00 bits per heavy atom. The first-order valence-corrected chi connectivity index (χ1v) is 6.54. The van der Waals surface area contributed by atoms with E-state index in [1.54, 1.807) is 26.8 Å². The van der Waals surface area contributed by atoms with Crippen LogP contribution in [-0.4, -0.2) is 24.8 Å². The van der Waals surface area contributed by atoms with Crippen molar-refractivity contribution in [1.29, 1.82) is 0 Å². The zero-order valence-electron chi connectivity index (χ0n) is 9.69. The second-order valence-electron chi connectivity index (χ2n) is 4.63. The van der Waals surface area contributed by atoms with Gasteiger partial charge in [-0.1, -0.05) is 13.0 Å². The van der Waals surface area contributed by atoms with E-state index in [2.05, 4.69) is 0 Å². The predicted octanol–water partition coefficient (Wildman–Crippen LogP) is 0.400. The summed E-state index contributed by atoms with van der Waals surface area (Å²) in [6, 6.07) is -0.502. The number of nitrogens with two attached hydrogens (primary N) is 2. The van der Waals surface area contributed by atoms with Crippen LogP contribution < -0.4 is 11.5 Å². The van der Waals surface area contributed by atoms with Crippen molar-refractivity contribution in [3.05, 3.63) is 22.9 Å². The van der Waals surface area contributed by atoms with Gasteiger partial charge in [-0.25, -0.2) is 0 Å². The van der Waals surface area contributed by atoms with Gasteiger partial charge in [-0.3, -0.25) is 4.55 Å². The number of hydrogen-bond acceptors (Lipinski definition) is 4. The molecule has 0 saturated heterocycles. The van der Waals surface area contributed by atoms with Crippen LogP contribution in [-0.2, 0) is 10.1 Å². The number of rotatable bonds is 2. The molecule has 6 heteroatoms. The van der Waals surface area contributed by atoms with Crippen molar-refractivity contribution in [3.63, 3.8) is 0 Å². The fourth-order valence-corrected chi connectivity index (χ4v) is 3.21. The molecule has 0 aromatic rings. The van der Waals surface area contributed by atoms with Crippen LogP contribution >= 0.6 is 0 Å². The molecule has 2 atom stereocenters. The first kappa shape index (κ1) is 13.2. The third kappa shape index (κ3) is 2.45. The average molecular weight is 246 g/mol. The van der Waals surface area contributed by atoms with Crippen LogP contribution in [0.1, 0.15) is 20.8 Å². The van der Waals surface area contributed by atoms with Gasteiger partial charge in [-0.2, -0.15) is 8.42 Å². The van der Waals surface area contributed by atoms with E-state index in [-0.39, 0.29) is 0 Å². The maximum atomic E-state index is 11.0.